The van der Waals surface area contributed by atoms with E-state index in [1.165, 1.54) is 0 Å². The first-order valence-corrected chi connectivity index (χ1v) is 7.09. The number of nitrogens with zero attached hydrogens (tertiary/aromatic N) is 4. The minimum Gasteiger partial charge on any atom is -0.370 e. The largest absolute Gasteiger partial charge is 0.370 e. The van der Waals surface area contributed by atoms with Gasteiger partial charge in [-0.05, 0) is 6.92 Å². The van der Waals surface area contributed by atoms with Crippen molar-refractivity contribution in [3.8, 4) is 0 Å². The van der Waals surface area contributed by atoms with Crippen LogP contribution in [0.3, 0.4) is 0 Å². The third-order valence-corrected chi connectivity index (χ3v) is 3.80. The molecule has 17 heavy (non-hydrogen) atoms. The van der Waals surface area contributed by atoms with Crippen molar-refractivity contribution in [1.29, 1.82) is 0 Å². The summed E-state index contributed by atoms with van der Waals surface area (Å²) in [5.74, 6) is 3.90. The summed E-state index contributed by atoms with van der Waals surface area (Å²) in [5.41, 5.74) is 5.99. The summed E-state index contributed by atoms with van der Waals surface area (Å²) >= 11 is 1.97. The number of thioether (sulfide) groups is 1. The molecule has 5 nitrogen and oxygen atoms in total. The van der Waals surface area contributed by atoms with E-state index in [4.69, 9.17) is 5.73 Å². The van der Waals surface area contributed by atoms with E-state index in [9.17, 15) is 0 Å². The molecule has 0 aromatic carbocycles. The molecule has 0 radical (unpaired) electrons. The molecule has 6 heteroatoms. The molecule has 0 saturated carbocycles. The van der Waals surface area contributed by atoms with E-state index in [2.05, 4.69) is 26.4 Å². The van der Waals surface area contributed by atoms with Crippen LogP contribution in [0.2, 0.25) is 0 Å². The van der Waals surface area contributed by atoms with Gasteiger partial charge in [-0.25, -0.2) is 9.98 Å². The summed E-state index contributed by atoms with van der Waals surface area (Å²) in [4.78, 5) is 10.9. The first-order chi connectivity index (χ1) is 8.31. The van der Waals surface area contributed by atoms with Gasteiger partial charge in [-0.1, -0.05) is 0 Å². The Kier molecular flexibility index (Phi) is 4.30. The van der Waals surface area contributed by atoms with Crippen molar-refractivity contribution in [3.63, 3.8) is 0 Å². The van der Waals surface area contributed by atoms with Crippen molar-refractivity contribution in [3.05, 3.63) is 18.2 Å². The lowest BCUT2D eigenvalue weighted by Gasteiger charge is -2.27. The van der Waals surface area contributed by atoms with Crippen LogP contribution in [0.25, 0.3) is 0 Å². The van der Waals surface area contributed by atoms with Crippen LogP contribution < -0.4 is 5.73 Å². The second-order valence-electron chi connectivity index (χ2n) is 3.90. The number of aromatic nitrogens is 2. The zero-order chi connectivity index (χ0) is 12.1. The number of aliphatic imine (C=N–C) groups is 1. The van der Waals surface area contributed by atoms with Crippen LogP contribution in [-0.4, -0.2) is 45.0 Å². The Morgan fingerprint density at radius 1 is 1.53 bits per heavy atom. The van der Waals surface area contributed by atoms with E-state index in [-0.39, 0.29) is 0 Å². The third kappa shape index (κ3) is 3.15. The molecule has 0 amide bonds. The molecule has 94 valence electrons. The molecular weight excluding hydrogens is 234 g/mol. The highest BCUT2D eigenvalue weighted by Crippen LogP contribution is 2.09. The van der Waals surface area contributed by atoms with Crippen molar-refractivity contribution in [2.75, 3.05) is 24.6 Å². The summed E-state index contributed by atoms with van der Waals surface area (Å²) < 4.78 is 2.09. The van der Waals surface area contributed by atoms with Crippen LogP contribution in [-0.2, 0) is 13.1 Å². The molecular formula is C11H19N5S. The monoisotopic (exact) mass is 253 g/mol. The van der Waals surface area contributed by atoms with Gasteiger partial charge in [0.2, 0.25) is 0 Å². The van der Waals surface area contributed by atoms with Crippen molar-refractivity contribution < 1.29 is 0 Å². The minimum atomic E-state index is 0.566. The molecule has 1 aromatic rings. The van der Waals surface area contributed by atoms with Gasteiger partial charge in [-0.3, -0.25) is 0 Å². The van der Waals surface area contributed by atoms with Gasteiger partial charge in [0, 0.05) is 43.5 Å². The molecule has 1 aliphatic rings. The first kappa shape index (κ1) is 12.3. The van der Waals surface area contributed by atoms with Crippen LogP contribution in [0.4, 0.5) is 0 Å². The number of hydrogen-bond acceptors (Lipinski definition) is 3. The Hall–Kier alpha value is -1.17. The fraction of sp³-hybridized carbons (Fsp3) is 0.636. The van der Waals surface area contributed by atoms with Gasteiger partial charge >= 0.3 is 0 Å². The molecule has 2 heterocycles. The van der Waals surface area contributed by atoms with Gasteiger partial charge in [0.05, 0.1) is 0 Å². The second kappa shape index (κ2) is 5.95. The summed E-state index contributed by atoms with van der Waals surface area (Å²) in [6.45, 7) is 5.59. The van der Waals surface area contributed by atoms with Crippen LogP contribution >= 0.6 is 11.8 Å². The summed E-state index contributed by atoms with van der Waals surface area (Å²) in [7, 11) is 0. The fourth-order valence-electron chi connectivity index (χ4n) is 1.82. The highest BCUT2D eigenvalue weighted by Gasteiger charge is 2.12. The van der Waals surface area contributed by atoms with Crippen molar-refractivity contribution in [2.45, 2.75) is 20.0 Å². The number of imidazole rings is 1. The Balaban J connectivity index is 1.95. The van der Waals surface area contributed by atoms with Crippen molar-refractivity contribution in [2.24, 2.45) is 10.7 Å². The Morgan fingerprint density at radius 3 is 3.00 bits per heavy atom. The smallest absolute Gasteiger partial charge is 0.191 e. The maximum atomic E-state index is 5.99. The summed E-state index contributed by atoms with van der Waals surface area (Å²) in [6, 6.07) is 0. The zero-order valence-corrected chi connectivity index (χ0v) is 11.0. The number of hydrogen-bond donors (Lipinski definition) is 1. The second-order valence-corrected chi connectivity index (χ2v) is 5.13. The normalized spacial score (nSPS) is 17.5. The molecule has 1 aliphatic heterocycles. The quantitative estimate of drug-likeness (QED) is 0.638. The molecule has 2 rings (SSSR count). The molecule has 0 aliphatic carbocycles. The Labute approximate surface area is 106 Å². The van der Waals surface area contributed by atoms with Gasteiger partial charge in [-0.15, -0.1) is 0 Å². The van der Waals surface area contributed by atoms with E-state index >= 15 is 0 Å². The highest BCUT2D eigenvalue weighted by atomic mass is 32.2. The molecule has 0 atom stereocenters. The molecule has 1 aromatic heterocycles. The average molecular weight is 253 g/mol. The number of nitrogens with two attached hydrogens (primary N) is 1. The topological polar surface area (TPSA) is 59.4 Å². The van der Waals surface area contributed by atoms with Crippen LogP contribution in [0.1, 0.15) is 12.7 Å². The summed E-state index contributed by atoms with van der Waals surface area (Å²) in [5, 5.41) is 0. The maximum absolute atomic E-state index is 5.99. The predicted octanol–water partition coefficient (Wildman–Crippen LogP) is 0.767. The van der Waals surface area contributed by atoms with E-state index < -0.39 is 0 Å². The molecule has 0 spiro atoms. The molecule has 2 N–H and O–H groups in total. The Bertz CT molecular complexity index is 381. The SMILES string of the molecule is CCn1ccnc1CN=C(N)N1CCSCC1. The summed E-state index contributed by atoms with van der Waals surface area (Å²) in [6.07, 6.45) is 3.78. The molecule has 0 bridgehead atoms. The van der Waals surface area contributed by atoms with Gasteiger partial charge < -0.3 is 15.2 Å². The highest BCUT2D eigenvalue weighted by molar-refractivity contribution is 7.99. The van der Waals surface area contributed by atoms with Gasteiger partial charge in [0.1, 0.15) is 12.4 Å². The minimum absolute atomic E-state index is 0.566. The fourth-order valence-corrected chi connectivity index (χ4v) is 2.73. The third-order valence-electron chi connectivity index (χ3n) is 2.86. The van der Waals surface area contributed by atoms with E-state index in [0.717, 1.165) is 37.0 Å². The predicted molar refractivity (Wildman–Crippen MR) is 72.1 cm³/mol. The van der Waals surface area contributed by atoms with E-state index in [1.807, 2.05) is 24.2 Å². The van der Waals surface area contributed by atoms with Crippen molar-refractivity contribution >= 4 is 17.7 Å². The molecule has 0 unspecified atom stereocenters. The zero-order valence-electron chi connectivity index (χ0n) is 10.2. The molecule has 1 saturated heterocycles. The van der Waals surface area contributed by atoms with Gasteiger partial charge in [-0.2, -0.15) is 11.8 Å². The van der Waals surface area contributed by atoms with Crippen molar-refractivity contribution in [1.82, 2.24) is 14.5 Å². The molecule has 1 fully saturated rings. The van der Waals surface area contributed by atoms with Crippen LogP contribution in [0.15, 0.2) is 17.4 Å². The maximum Gasteiger partial charge on any atom is 0.191 e. The lowest BCUT2D eigenvalue weighted by atomic mass is 10.5. The average Bonchev–Trinajstić information content (AvgIpc) is 2.84. The van der Waals surface area contributed by atoms with E-state index in [0.29, 0.717) is 12.5 Å². The Morgan fingerprint density at radius 2 is 2.29 bits per heavy atom. The first-order valence-electron chi connectivity index (χ1n) is 5.94. The van der Waals surface area contributed by atoms with Crippen LogP contribution in [0, 0.1) is 0 Å². The van der Waals surface area contributed by atoms with Crippen LogP contribution in [0.5, 0.6) is 0 Å². The standard InChI is InChI=1S/C11H19N5S/c1-2-15-4-3-13-10(15)9-14-11(12)16-5-7-17-8-6-16/h3-4H,2,5-9H2,1H3,(H2,12,14). The van der Waals surface area contributed by atoms with Gasteiger partial charge in [0.15, 0.2) is 5.96 Å². The van der Waals surface area contributed by atoms with E-state index in [1.54, 1.807) is 0 Å². The number of aryl methyl sites for hydroxylation is 1. The lowest BCUT2D eigenvalue weighted by Crippen LogP contribution is -2.42. The lowest BCUT2D eigenvalue weighted by molar-refractivity contribution is 0.455. The number of rotatable bonds is 3. The number of guanidine groups is 1. The van der Waals surface area contributed by atoms with Gasteiger partial charge in [0.25, 0.3) is 0 Å².